The molecule has 0 unspecified atom stereocenters. The molecular weight excluding hydrogens is 673 g/mol. The Labute approximate surface area is 302 Å². The molecule has 1 aliphatic heterocycles. The Bertz CT molecular complexity index is 1830. The molecule has 0 atom stereocenters. The van der Waals surface area contributed by atoms with Crippen molar-refractivity contribution in [3.8, 4) is 0 Å². The average molecular weight is 711 g/mol. The molecule has 254 valence electrons. The van der Waals surface area contributed by atoms with Gasteiger partial charge < -0.3 is 18.6 Å². The van der Waals surface area contributed by atoms with Gasteiger partial charge in [-0.3, -0.25) is 4.79 Å². The number of ether oxygens (including phenoxy) is 2. The Hall–Kier alpha value is -5.29. The summed E-state index contributed by atoms with van der Waals surface area (Å²) in [7, 11) is -2.73. The highest BCUT2D eigenvalue weighted by Gasteiger charge is 2.50. The fraction of sp³-hybridized carbons (Fsp3) is 0.0976. The van der Waals surface area contributed by atoms with Gasteiger partial charge in [0.05, 0.1) is 18.7 Å². The van der Waals surface area contributed by atoms with E-state index in [4.69, 9.17) is 9.47 Å². The Kier molecular flexibility index (Phi) is 11.9. The SMILES string of the molecule is CCOC(=O)/C(B1N(P(c2ccccc2)c2ccccc2)C=CN1P(c1ccccc1)c1ccccc1)=C(\C(=O)OCC)C(=O)c1ccccc1. The van der Waals surface area contributed by atoms with Gasteiger partial charge in [0.25, 0.3) is 0 Å². The zero-order valence-corrected chi connectivity index (χ0v) is 30.2. The minimum absolute atomic E-state index is 0.0122. The summed E-state index contributed by atoms with van der Waals surface area (Å²) in [6.07, 6.45) is 3.96. The third kappa shape index (κ3) is 7.89. The third-order valence-electron chi connectivity index (χ3n) is 8.10. The van der Waals surface area contributed by atoms with E-state index in [9.17, 15) is 14.4 Å². The van der Waals surface area contributed by atoms with E-state index >= 15 is 0 Å². The zero-order valence-electron chi connectivity index (χ0n) is 28.4. The van der Waals surface area contributed by atoms with Crippen molar-refractivity contribution in [1.29, 1.82) is 0 Å². The predicted octanol–water partition coefficient (Wildman–Crippen LogP) is 6.50. The molecule has 10 heteroatoms. The highest BCUT2D eigenvalue weighted by Crippen LogP contribution is 2.51. The first-order valence-corrected chi connectivity index (χ1v) is 19.4. The molecule has 0 bridgehead atoms. The lowest BCUT2D eigenvalue weighted by Gasteiger charge is -2.39. The maximum Gasteiger partial charge on any atom is 0.426 e. The number of ketones is 1. The summed E-state index contributed by atoms with van der Waals surface area (Å²) < 4.78 is 15.6. The van der Waals surface area contributed by atoms with Gasteiger partial charge >= 0.3 is 18.9 Å². The van der Waals surface area contributed by atoms with Crippen molar-refractivity contribution in [2.75, 3.05) is 13.2 Å². The van der Waals surface area contributed by atoms with Crippen LogP contribution in [-0.4, -0.2) is 47.1 Å². The first-order chi connectivity index (χ1) is 25.0. The van der Waals surface area contributed by atoms with E-state index in [-0.39, 0.29) is 29.8 Å². The molecule has 0 N–H and O–H groups in total. The second kappa shape index (κ2) is 17.1. The van der Waals surface area contributed by atoms with Crippen molar-refractivity contribution in [3.05, 3.63) is 181 Å². The molecule has 0 amide bonds. The van der Waals surface area contributed by atoms with Crippen molar-refractivity contribution < 1.29 is 23.9 Å². The van der Waals surface area contributed by atoms with E-state index in [1.54, 1.807) is 44.2 Å². The third-order valence-corrected chi connectivity index (χ3v) is 12.9. The summed E-state index contributed by atoms with van der Waals surface area (Å²) in [5, 5.41) is 4.09. The molecule has 6 rings (SSSR count). The molecule has 1 aliphatic rings. The number of carbonyl (C=O) groups is 3. The van der Waals surface area contributed by atoms with Crippen LogP contribution in [0, 0.1) is 0 Å². The molecule has 0 fully saturated rings. The summed E-state index contributed by atoms with van der Waals surface area (Å²) >= 11 is 0. The van der Waals surface area contributed by atoms with Crippen molar-refractivity contribution in [3.63, 3.8) is 0 Å². The van der Waals surface area contributed by atoms with Crippen LogP contribution in [-0.2, 0) is 19.1 Å². The topological polar surface area (TPSA) is 76.2 Å². The van der Waals surface area contributed by atoms with Gasteiger partial charge in [-0.2, -0.15) is 0 Å². The summed E-state index contributed by atoms with van der Waals surface area (Å²) in [5.41, 5.74) is -0.168. The molecule has 51 heavy (non-hydrogen) atoms. The molecule has 0 saturated carbocycles. The van der Waals surface area contributed by atoms with Crippen LogP contribution in [0.2, 0.25) is 0 Å². The molecular formula is C41H37BN2O5P2. The Morgan fingerprint density at radius 2 is 0.843 bits per heavy atom. The number of esters is 2. The number of hydrogen-bond donors (Lipinski definition) is 0. The predicted molar refractivity (Wildman–Crippen MR) is 208 cm³/mol. The van der Waals surface area contributed by atoms with Crippen molar-refractivity contribution in [2.45, 2.75) is 13.8 Å². The van der Waals surface area contributed by atoms with Crippen molar-refractivity contribution in [2.24, 2.45) is 0 Å². The maximum atomic E-state index is 14.6. The summed E-state index contributed by atoms with van der Waals surface area (Å²) in [5.74, 6) is -2.26. The summed E-state index contributed by atoms with van der Waals surface area (Å²) in [6, 6.07) is 48.9. The van der Waals surface area contributed by atoms with Gasteiger partial charge in [0.15, 0.2) is 5.78 Å². The standard InChI is InChI=1S/C41H37BN2O5P2/c1-3-48-40(46)37(39(45)32-20-10-5-11-21-32)38(41(47)49-4-2)42-43(50(33-22-12-6-13-23-33)34-24-14-7-15-25-34)30-31-44(42)51(35-26-16-8-17-27-35)36-28-18-9-19-29-36/h5-31H,3-4H2,1-2H3/b38-37+. The van der Waals surface area contributed by atoms with E-state index in [1.807, 2.05) is 85.2 Å². The van der Waals surface area contributed by atoms with Crippen LogP contribution in [0.15, 0.2) is 175 Å². The molecule has 0 spiro atoms. The molecule has 0 aromatic heterocycles. The van der Waals surface area contributed by atoms with Crippen molar-refractivity contribution in [1.82, 2.24) is 9.16 Å². The van der Waals surface area contributed by atoms with Gasteiger partial charge in [0.1, 0.15) is 5.57 Å². The normalized spacial score (nSPS) is 13.0. The second-order valence-corrected chi connectivity index (χ2v) is 15.6. The van der Waals surface area contributed by atoms with Gasteiger partial charge in [0, 0.05) is 34.1 Å². The fourth-order valence-electron chi connectivity index (χ4n) is 5.95. The van der Waals surface area contributed by atoms with Crippen LogP contribution in [0.25, 0.3) is 0 Å². The van der Waals surface area contributed by atoms with Crippen LogP contribution in [0.4, 0.5) is 0 Å². The van der Waals surface area contributed by atoms with Crippen LogP contribution in [0.1, 0.15) is 24.2 Å². The lowest BCUT2D eigenvalue weighted by atomic mass is 9.65. The van der Waals surface area contributed by atoms with Gasteiger partial charge in [-0.05, 0) is 35.1 Å². The molecule has 5 aromatic carbocycles. The van der Waals surface area contributed by atoms with Crippen LogP contribution >= 0.6 is 16.1 Å². The summed E-state index contributed by atoms with van der Waals surface area (Å²) in [6.45, 7) is 2.49. The molecule has 5 aromatic rings. The summed E-state index contributed by atoms with van der Waals surface area (Å²) in [4.78, 5) is 43.3. The number of nitrogens with zero attached hydrogens (tertiary/aromatic N) is 2. The fourth-order valence-corrected chi connectivity index (χ4v) is 10.8. The Morgan fingerprint density at radius 3 is 1.20 bits per heavy atom. The highest BCUT2D eigenvalue weighted by atomic mass is 31.1. The second-order valence-electron chi connectivity index (χ2n) is 11.3. The largest absolute Gasteiger partial charge is 0.463 e. The van der Waals surface area contributed by atoms with Crippen LogP contribution in [0.3, 0.4) is 0 Å². The maximum absolute atomic E-state index is 14.6. The van der Waals surface area contributed by atoms with E-state index in [1.165, 1.54) is 0 Å². The van der Waals surface area contributed by atoms with E-state index in [0.717, 1.165) is 21.2 Å². The number of hydrogen-bond acceptors (Lipinski definition) is 7. The monoisotopic (exact) mass is 710 g/mol. The average Bonchev–Trinajstić information content (AvgIpc) is 3.59. The first-order valence-electron chi connectivity index (χ1n) is 16.8. The Balaban J connectivity index is 1.68. The van der Waals surface area contributed by atoms with E-state index in [0.29, 0.717) is 0 Å². The molecule has 7 nitrogen and oxygen atoms in total. The molecule has 0 radical (unpaired) electrons. The van der Waals surface area contributed by atoms with E-state index < -0.39 is 40.8 Å². The quantitative estimate of drug-likeness (QED) is 0.0263. The van der Waals surface area contributed by atoms with Crippen LogP contribution in [0.5, 0.6) is 0 Å². The molecule has 1 heterocycles. The lowest BCUT2D eigenvalue weighted by molar-refractivity contribution is -0.141. The van der Waals surface area contributed by atoms with Crippen molar-refractivity contribution >= 4 is 62.1 Å². The minimum Gasteiger partial charge on any atom is -0.463 e. The lowest BCUT2D eigenvalue weighted by Crippen LogP contribution is -2.49. The Morgan fingerprint density at radius 1 is 0.510 bits per heavy atom. The number of carbonyl (C=O) groups excluding carboxylic acids is 3. The molecule has 0 aliphatic carbocycles. The van der Waals surface area contributed by atoms with Gasteiger partial charge in [0.2, 0.25) is 0 Å². The minimum atomic E-state index is -1.36. The molecule has 0 saturated heterocycles. The highest BCUT2D eigenvalue weighted by molar-refractivity contribution is 7.74. The smallest absolute Gasteiger partial charge is 0.426 e. The number of rotatable bonds is 13. The van der Waals surface area contributed by atoms with Gasteiger partial charge in [-0.1, -0.05) is 152 Å². The number of benzene rings is 5. The zero-order chi connectivity index (χ0) is 35.6. The van der Waals surface area contributed by atoms with E-state index in [2.05, 4.69) is 57.7 Å². The van der Waals surface area contributed by atoms with Gasteiger partial charge in [-0.25, -0.2) is 9.59 Å². The first kappa shape index (κ1) is 35.5. The number of Topliss-reactive ketones (excluding diaryl/α,β-unsaturated/α-hetero) is 1. The van der Waals surface area contributed by atoms with Gasteiger partial charge in [-0.15, -0.1) is 0 Å². The van der Waals surface area contributed by atoms with Crippen LogP contribution < -0.4 is 21.2 Å².